The van der Waals surface area contributed by atoms with Crippen LogP contribution in [0.25, 0.3) is 0 Å². The number of hydrogen-bond donors (Lipinski definition) is 3. The molecule has 0 radical (unpaired) electrons. The van der Waals surface area contributed by atoms with Gasteiger partial charge in [0.15, 0.2) is 0 Å². The van der Waals surface area contributed by atoms with Crippen LogP contribution >= 0.6 is 7.82 Å². The molecule has 0 saturated carbocycles. The van der Waals surface area contributed by atoms with Crippen molar-refractivity contribution >= 4 is 25.4 Å². The molecule has 2 aromatic rings. The van der Waals surface area contributed by atoms with Gasteiger partial charge in [-0.2, -0.15) is 0 Å². The molecule has 0 atom stereocenters. The fraction of sp³-hybridized carbons (Fsp3) is 0.250. The number of aromatic nitrogens is 1. The molecule has 3 N–H and O–H groups in total. The topological polar surface area (TPSA) is 115 Å². The Morgan fingerprint density at radius 2 is 1.92 bits per heavy atom. The molecule has 9 heteroatoms. The number of aliphatic imine (C=N–C) groups is 1. The predicted molar refractivity (Wildman–Crippen MR) is 95.5 cm³/mol. The van der Waals surface area contributed by atoms with Gasteiger partial charge in [0.25, 0.3) is 0 Å². The maximum absolute atomic E-state index is 10.8. The lowest BCUT2D eigenvalue weighted by atomic mass is 10.2. The summed E-state index contributed by atoms with van der Waals surface area (Å²) in [6.45, 7) is 1.21. The number of aryl methyl sites for hydroxylation is 1. The molecule has 0 unspecified atom stereocenters. The van der Waals surface area contributed by atoms with Gasteiger partial charge in [0, 0.05) is 31.6 Å². The first kappa shape index (κ1) is 19.1. The maximum Gasteiger partial charge on any atom is 0.469 e. The molecule has 25 heavy (non-hydrogen) atoms. The van der Waals surface area contributed by atoms with Crippen LogP contribution in [0.5, 0.6) is 5.75 Å². The minimum absolute atomic E-state index is 0.0476. The average Bonchev–Trinajstić information content (AvgIpc) is 2.54. The highest BCUT2D eigenvalue weighted by Gasteiger charge is 2.15. The molecule has 1 aromatic heterocycles. The number of pyridine rings is 1. The lowest BCUT2D eigenvalue weighted by Crippen LogP contribution is -2.07. The molecule has 8 nitrogen and oxygen atoms in total. The van der Waals surface area contributed by atoms with Gasteiger partial charge < -0.3 is 19.8 Å². The quantitative estimate of drug-likeness (QED) is 0.532. The zero-order chi connectivity index (χ0) is 18.6. The minimum atomic E-state index is -4.59. The summed E-state index contributed by atoms with van der Waals surface area (Å²) in [5.41, 5.74) is 2.72. The van der Waals surface area contributed by atoms with E-state index in [4.69, 9.17) is 9.79 Å². The number of benzene rings is 1. The van der Waals surface area contributed by atoms with Gasteiger partial charge in [0.2, 0.25) is 0 Å². The Bertz CT molecular complexity index is 815. The van der Waals surface area contributed by atoms with Crippen LogP contribution < -0.4 is 4.90 Å². The maximum atomic E-state index is 10.8. The van der Waals surface area contributed by atoms with Gasteiger partial charge in [0.05, 0.1) is 17.1 Å². The molecule has 1 heterocycles. The Hall–Kier alpha value is -2.25. The van der Waals surface area contributed by atoms with Crippen molar-refractivity contribution in [3.63, 3.8) is 0 Å². The predicted octanol–water partition coefficient (Wildman–Crippen LogP) is 2.52. The summed E-state index contributed by atoms with van der Waals surface area (Å²) in [6, 6.07) is 8.99. The van der Waals surface area contributed by atoms with Crippen molar-refractivity contribution in [3.05, 3.63) is 47.3 Å². The molecule has 0 spiro atoms. The van der Waals surface area contributed by atoms with Crippen LogP contribution in [0.4, 0.5) is 11.4 Å². The number of phosphoric acid groups is 1. The van der Waals surface area contributed by atoms with E-state index < -0.39 is 7.82 Å². The number of aromatic hydroxyl groups is 1. The molecular formula is C16H20N3O5P. The van der Waals surface area contributed by atoms with Crippen LogP contribution in [0.2, 0.25) is 0 Å². The summed E-state index contributed by atoms with van der Waals surface area (Å²) in [6.07, 6.45) is 1.47. The highest BCUT2D eigenvalue weighted by molar-refractivity contribution is 7.46. The number of nitrogens with zero attached hydrogens (tertiary/aromatic N) is 3. The first-order chi connectivity index (χ1) is 11.7. The van der Waals surface area contributed by atoms with E-state index in [0.717, 1.165) is 5.69 Å². The van der Waals surface area contributed by atoms with Crippen molar-refractivity contribution in [1.29, 1.82) is 0 Å². The van der Waals surface area contributed by atoms with Gasteiger partial charge >= 0.3 is 7.82 Å². The molecular weight excluding hydrogens is 345 g/mol. The molecule has 0 aliphatic rings. The number of anilines is 1. The Kier molecular flexibility index (Phi) is 5.92. The minimum Gasteiger partial charge on any atom is -0.505 e. The largest absolute Gasteiger partial charge is 0.505 e. The fourth-order valence-electron chi connectivity index (χ4n) is 2.06. The standard InChI is InChI=1S/C16H20N3O5P/c1-11-16(20)12(8-14(18-11)10-24-25(21,22)23)9-17-13-4-6-15(7-5-13)19(2)3/h4-9,20H,10H2,1-3H3,(H2,21,22,23). The van der Waals surface area contributed by atoms with E-state index in [1.807, 2.05) is 43.3 Å². The Morgan fingerprint density at radius 3 is 2.48 bits per heavy atom. The second-order valence-electron chi connectivity index (χ2n) is 5.57. The smallest absolute Gasteiger partial charge is 0.469 e. The molecule has 134 valence electrons. The lowest BCUT2D eigenvalue weighted by molar-refractivity contribution is 0.187. The summed E-state index contributed by atoms with van der Waals surface area (Å²) in [7, 11) is -0.706. The van der Waals surface area contributed by atoms with E-state index >= 15 is 0 Å². The van der Waals surface area contributed by atoms with E-state index in [-0.39, 0.29) is 18.1 Å². The summed E-state index contributed by atoms with van der Waals surface area (Å²) in [4.78, 5) is 27.8. The van der Waals surface area contributed by atoms with Crippen LogP contribution in [0.1, 0.15) is 17.0 Å². The van der Waals surface area contributed by atoms with Crippen LogP contribution in [-0.2, 0) is 15.7 Å². The number of rotatable bonds is 6. The zero-order valence-electron chi connectivity index (χ0n) is 14.1. The number of phosphoric ester groups is 1. The SMILES string of the molecule is Cc1nc(COP(=O)(O)O)cc(C=Nc2ccc(N(C)C)cc2)c1O. The van der Waals surface area contributed by atoms with Gasteiger partial charge in [0.1, 0.15) is 12.4 Å². The van der Waals surface area contributed by atoms with Crippen molar-refractivity contribution in [2.75, 3.05) is 19.0 Å². The highest BCUT2D eigenvalue weighted by atomic mass is 31.2. The third-order valence-corrected chi connectivity index (χ3v) is 3.81. The molecule has 0 saturated heterocycles. The van der Waals surface area contributed by atoms with Crippen LogP contribution in [0.15, 0.2) is 35.3 Å². The van der Waals surface area contributed by atoms with Crippen LogP contribution in [0.3, 0.4) is 0 Å². The van der Waals surface area contributed by atoms with E-state index in [1.165, 1.54) is 12.3 Å². The molecule has 2 rings (SSSR count). The summed E-state index contributed by atoms with van der Waals surface area (Å²) >= 11 is 0. The van der Waals surface area contributed by atoms with Gasteiger partial charge in [-0.1, -0.05) is 0 Å². The zero-order valence-corrected chi connectivity index (χ0v) is 15.0. The second kappa shape index (κ2) is 7.76. The van der Waals surface area contributed by atoms with Gasteiger partial charge in [-0.15, -0.1) is 0 Å². The normalized spacial score (nSPS) is 11.9. The van der Waals surface area contributed by atoms with Crippen LogP contribution in [0, 0.1) is 6.92 Å². The third-order valence-electron chi connectivity index (χ3n) is 3.35. The number of hydrogen-bond acceptors (Lipinski definition) is 6. The second-order valence-corrected chi connectivity index (χ2v) is 6.81. The average molecular weight is 365 g/mol. The Balaban J connectivity index is 2.22. The summed E-state index contributed by atoms with van der Waals surface area (Å²) in [5, 5.41) is 10.1. The van der Waals surface area contributed by atoms with Crippen molar-refractivity contribution in [3.8, 4) is 5.75 Å². The first-order valence-corrected chi connectivity index (χ1v) is 8.90. The van der Waals surface area contributed by atoms with Crippen LogP contribution in [-0.4, -0.2) is 40.2 Å². The Morgan fingerprint density at radius 1 is 1.28 bits per heavy atom. The fourth-order valence-corrected chi connectivity index (χ4v) is 2.36. The summed E-state index contributed by atoms with van der Waals surface area (Å²) < 4.78 is 15.2. The molecule has 0 aliphatic carbocycles. The van der Waals surface area contributed by atoms with Crippen molar-refractivity contribution in [2.24, 2.45) is 4.99 Å². The van der Waals surface area contributed by atoms with E-state index in [2.05, 4.69) is 14.5 Å². The van der Waals surface area contributed by atoms with Gasteiger partial charge in [-0.25, -0.2) is 4.57 Å². The van der Waals surface area contributed by atoms with Crippen molar-refractivity contribution in [1.82, 2.24) is 4.98 Å². The third kappa shape index (κ3) is 5.65. The summed E-state index contributed by atoms with van der Waals surface area (Å²) in [5.74, 6) is -0.0476. The Labute approximate surface area is 145 Å². The highest BCUT2D eigenvalue weighted by Crippen LogP contribution is 2.37. The van der Waals surface area contributed by atoms with E-state index in [1.54, 1.807) is 6.92 Å². The van der Waals surface area contributed by atoms with E-state index in [9.17, 15) is 9.67 Å². The molecule has 0 fully saturated rings. The molecule has 0 bridgehead atoms. The van der Waals surface area contributed by atoms with Crippen molar-refractivity contribution < 1.29 is 24.0 Å². The van der Waals surface area contributed by atoms with E-state index in [0.29, 0.717) is 16.9 Å². The monoisotopic (exact) mass is 365 g/mol. The molecule has 1 aromatic carbocycles. The molecule has 0 amide bonds. The van der Waals surface area contributed by atoms with Gasteiger partial charge in [-0.05, 0) is 37.3 Å². The van der Waals surface area contributed by atoms with Gasteiger partial charge in [-0.3, -0.25) is 14.5 Å². The lowest BCUT2D eigenvalue weighted by Gasteiger charge is -2.11. The first-order valence-electron chi connectivity index (χ1n) is 7.37. The molecule has 0 aliphatic heterocycles. The van der Waals surface area contributed by atoms with Crippen molar-refractivity contribution in [2.45, 2.75) is 13.5 Å².